The van der Waals surface area contributed by atoms with E-state index in [0.29, 0.717) is 0 Å². The lowest BCUT2D eigenvalue weighted by molar-refractivity contribution is 0.161. The SMILES string of the molecule is CN=C(NCCCN(C)CCOC)NCCc1ccc2c(c1)CCO2. The first-order chi connectivity index (χ1) is 12.2. The van der Waals surface area contributed by atoms with Crippen molar-refractivity contribution in [1.29, 1.82) is 0 Å². The van der Waals surface area contributed by atoms with Crippen LogP contribution in [0.1, 0.15) is 17.5 Å². The van der Waals surface area contributed by atoms with Crippen molar-refractivity contribution in [3.8, 4) is 5.75 Å². The first kappa shape index (κ1) is 19.5. The average Bonchev–Trinajstić information content (AvgIpc) is 3.09. The third-order valence-electron chi connectivity index (χ3n) is 4.37. The molecule has 1 aromatic rings. The lowest BCUT2D eigenvalue weighted by Gasteiger charge is -2.17. The topological polar surface area (TPSA) is 58.1 Å². The normalized spacial score (nSPS) is 13.7. The zero-order valence-corrected chi connectivity index (χ0v) is 15.8. The second-order valence-corrected chi connectivity index (χ2v) is 6.37. The summed E-state index contributed by atoms with van der Waals surface area (Å²) in [7, 11) is 5.67. The molecule has 140 valence electrons. The quantitative estimate of drug-likeness (QED) is 0.379. The largest absolute Gasteiger partial charge is 0.493 e. The molecule has 0 saturated heterocycles. The number of ether oxygens (including phenoxy) is 2. The minimum Gasteiger partial charge on any atom is -0.493 e. The molecule has 0 bridgehead atoms. The highest BCUT2D eigenvalue weighted by Crippen LogP contribution is 2.25. The van der Waals surface area contributed by atoms with Gasteiger partial charge in [-0.15, -0.1) is 0 Å². The second-order valence-electron chi connectivity index (χ2n) is 6.37. The summed E-state index contributed by atoms with van der Waals surface area (Å²) in [5.41, 5.74) is 2.67. The van der Waals surface area contributed by atoms with Crippen LogP contribution in [0.5, 0.6) is 5.75 Å². The van der Waals surface area contributed by atoms with Crippen LogP contribution in [0.15, 0.2) is 23.2 Å². The number of nitrogens with zero attached hydrogens (tertiary/aromatic N) is 2. The number of hydrogen-bond donors (Lipinski definition) is 2. The molecule has 6 heteroatoms. The Kier molecular flexibility index (Phi) is 8.55. The van der Waals surface area contributed by atoms with Gasteiger partial charge in [0.2, 0.25) is 0 Å². The zero-order chi connectivity index (χ0) is 17.9. The highest BCUT2D eigenvalue weighted by molar-refractivity contribution is 5.79. The summed E-state index contributed by atoms with van der Waals surface area (Å²) in [6.07, 6.45) is 3.08. The summed E-state index contributed by atoms with van der Waals surface area (Å²) in [6, 6.07) is 6.50. The fraction of sp³-hybridized carbons (Fsp3) is 0.632. The standard InChI is InChI=1S/C19H32N4O2/c1-20-19(21-9-4-11-23(2)12-14-24-3)22-10-7-16-5-6-18-17(15-16)8-13-25-18/h5-6,15H,4,7-14H2,1-3H3,(H2,20,21,22). The van der Waals surface area contributed by atoms with Gasteiger partial charge in [0.25, 0.3) is 0 Å². The van der Waals surface area contributed by atoms with Crippen molar-refractivity contribution >= 4 is 5.96 Å². The summed E-state index contributed by atoms with van der Waals surface area (Å²) < 4.78 is 10.6. The molecule has 1 aromatic carbocycles. The maximum absolute atomic E-state index is 5.55. The Labute approximate surface area is 151 Å². The molecule has 0 fully saturated rings. The van der Waals surface area contributed by atoms with Crippen LogP contribution < -0.4 is 15.4 Å². The molecule has 0 unspecified atom stereocenters. The van der Waals surface area contributed by atoms with Gasteiger partial charge < -0.3 is 25.0 Å². The second kappa shape index (κ2) is 10.9. The molecule has 25 heavy (non-hydrogen) atoms. The minimum absolute atomic E-state index is 0.780. The molecule has 0 aliphatic carbocycles. The minimum atomic E-state index is 0.780. The molecule has 2 N–H and O–H groups in total. The summed E-state index contributed by atoms with van der Waals surface area (Å²) >= 11 is 0. The van der Waals surface area contributed by atoms with E-state index in [2.05, 4.69) is 45.8 Å². The molecule has 2 rings (SSSR count). The smallest absolute Gasteiger partial charge is 0.190 e. The van der Waals surface area contributed by atoms with Crippen LogP contribution in [0, 0.1) is 0 Å². The predicted octanol–water partition coefficient (Wildman–Crippen LogP) is 1.30. The van der Waals surface area contributed by atoms with Crippen LogP contribution in [0.4, 0.5) is 0 Å². The van der Waals surface area contributed by atoms with Gasteiger partial charge in [-0.3, -0.25) is 4.99 Å². The predicted molar refractivity (Wildman–Crippen MR) is 103 cm³/mol. The Morgan fingerprint density at radius 3 is 2.92 bits per heavy atom. The van der Waals surface area contributed by atoms with Gasteiger partial charge in [-0.1, -0.05) is 12.1 Å². The van der Waals surface area contributed by atoms with E-state index in [4.69, 9.17) is 9.47 Å². The van der Waals surface area contributed by atoms with E-state index in [1.54, 1.807) is 7.11 Å². The van der Waals surface area contributed by atoms with Gasteiger partial charge >= 0.3 is 0 Å². The molecule has 0 saturated carbocycles. The van der Waals surface area contributed by atoms with Crippen molar-refractivity contribution < 1.29 is 9.47 Å². The highest BCUT2D eigenvalue weighted by atomic mass is 16.5. The number of fused-ring (bicyclic) bond motifs is 1. The van der Waals surface area contributed by atoms with Crippen LogP contribution in [0.3, 0.4) is 0 Å². The van der Waals surface area contributed by atoms with Crippen molar-refractivity contribution in [3.63, 3.8) is 0 Å². The van der Waals surface area contributed by atoms with E-state index in [9.17, 15) is 0 Å². The molecular formula is C19H32N4O2. The molecule has 1 heterocycles. The van der Waals surface area contributed by atoms with Crippen molar-refractivity contribution in [2.45, 2.75) is 19.3 Å². The Hall–Kier alpha value is -1.79. The molecule has 1 aliphatic heterocycles. The van der Waals surface area contributed by atoms with Gasteiger partial charge in [0, 0.05) is 40.2 Å². The fourth-order valence-corrected chi connectivity index (χ4v) is 2.86. The Morgan fingerprint density at radius 1 is 1.28 bits per heavy atom. The number of aliphatic imine (C=N–C) groups is 1. The zero-order valence-electron chi connectivity index (χ0n) is 15.8. The summed E-state index contributed by atoms with van der Waals surface area (Å²) in [4.78, 5) is 6.56. The number of benzene rings is 1. The lowest BCUT2D eigenvalue weighted by atomic mass is 10.1. The first-order valence-corrected chi connectivity index (χ1v) is 9.09. The van der Waals surface area contributed by atoms with E-state index in [1.165, 1.54) is 11.1 Å². The summed E-state index contributed by atoms with van der Waals surface area (Å²) in [5, 5.41) is 6.75. The van der Waals surface area contributed by atoms with Crippen LogP contribution in [-0.2, 0) is 17.6 Å². The van der Waals surface area contributed by atoms with E-state index in [-0.39, 0.29) is 0 Å². The van der Waals surface area contributed by atoms with Gasteiger partial charge in [0.1, 0.15) is 5.75 Å². The van der Waals surface area contributed by atoms with Gasteiger partial charge in [-0.2, -0.15) is 0 Å². The summed E-state index contributed by atoms with van der Waals surface area (Å²) in [5.74, 6) is 1.91. The number of hydrogen-bond acceptors (Lipinski definition) is 4. The first-order valence-electron chi connectivity index (χ1n) is 9.09. The molecule has 0 amide bonds. The Morgan fingerprint density at radius 2 is 2.12 bits per heavy atom. The maximum atomic E-state index is 5.55. The van der Waals surface area contributed by atoms with Crippen molar-refractivity contribution in [3.05, 3.63) is 29.3 Å². The molecular weight excluding hydrogens is 316 g/mol. The number of rotatable bonds is 10. The third kappa shape index (κ3) is 6.92. The van der Waals surface area contributed by atoms with Crippen molar-refractivity contribution in [2.24, 2.45) is 4.99 Å². The van der Waals surface area contributed by atoms with Crippen LogP contribution in [-0.4, -0.2) is 71.5 Å². The van der Waals surface area contributed by atoms with E-state index in [0.717, 1.165) is 70.4 Å². The third-order valence-corrected chi connectivity index (χ3v) is 4.37. The van der Waals surface area contributed by atoms with Crippen LogP contribution in [0.25, 0.3) is 0 Å². The van der Waals surface area contributed by atoms with Gasteiger partial charge in [0.15, 0.2) is 5.96 Å². The summed E-state index contributed by atoms with van der Waals surface area (Å²) in [6.45, 7) is 5.39. The number of guanidine groups is 1. The van der Waals surface area contributed by atoms with E-state index in [1.807, 2.05) is 7.05 Å². The van der Waals surface area contributed by atoms with Crippen LogP contribution in [0.2, 0.25) is 0 Å². The number of likely N-dealkylation sites (N-methyl/N-ethyl adjacent to an activating group) is 1. The molecule has 1 aliphatic rings. The molecule has 0 atom stereocenters. The van der Waals surface area contributed by atoms with Gasteiger partial charge in [-0.25, -0.2) is 0 Å². The van der Waals surface area contributed by atoms with Crippen molar-refractivity contribution in [1.82, 2.24) is 15.5 Å². The highest BCUT2D eigenvalue weighted by Gasteiger charge is 2.11. The average molecular weight is 348 g/mol. The Bertz CT molecular complexity index is 548. The number of nitrogens with one attached hydrogen (secondary N) is 2. The number of methoxy groups -OCH3 is 1. The van der Waals surface area contributed by atoms with Gasteiger partial charge in [0.05, 0.1) is 13.2 Å². The maximum Gasteiger partial charge on any atom is 0.190 e. The van der Waals surface area contributed by atoms with E-state index < -0.39 is 0 Å². The van der Waals surface area contributed by atoms with Gasteiger partial charge in [-0.05, 0) is 43.6 Å². The Balaban J connectivity index is 1.60. The van der Waals surface area contributed by atoms with Crippen molar-refractivity contribution in [2.75, 3.05) is 60.6 Å². The lowest BCUT2D eigenvalue weighted by Crippen LogP contribution is -2.39. The molecule has 0 aromatic heterocycles. The fourth-order valence-electron chi connectivity index (χ4n) is 2.86. The van der Waals surface area contributed by atoms with E-state index >= 15 is 0 Å². The monoisotopic (exact) mass is 348 g/mol. The van der Waals surface area contributed by atoms with Crippen LogP contribution >= 0.6 is 0 Å². The molecule has 6 nitrogen and oxygen atoms in total. The molecule has 0 spiro atoms. The molecule has 0 radical (unpaired) electrons.